The molecular weight excluding hydrogens is 284 g/mol. The van der Waals surface area contributed by atoms with E-state index in [0.717, 1.165) is 4.90 Å². The van der Waals surface area contributed by atoms with Gasteiger partial charge in [-0.25, -0.2) is 0 Å². The summed E-state index contributed by atoms with van der Waals surface area (Å²) in [4.78, 5) is 34.3. The maximum Gasteiger partial charge on any atom is 0.315 e. The molecule has 6 nitrogen and oxygen atoms in total. The third kappa shape index (κ3) is 3.51. The van der Waals surface area contributed by atoms with Crippen molar-refractivity contribution in [3.63, 3.8) is 0 Å². The number of rotatable bonds is 7. The van der Waals surface area contributed by atoms with Gasteiger partial charge in [-0.2, -0.15) is 0 Å². The van der Waals surface area contributed by atoms with Gasteiger partial charge in [0, 0.05) is 4.90 Å². The number of carboxylic acids is 3. The third-order valence-electron chi connectivity index (χ3n) is 2.96. The van der Waals surface area contributed by atoms with Gasteiger partial charge in [-0.15, -0.1) is 11.8 Å². The van der Waals surface area contributed by atoms with Gasteiger partial charge in [-0.1, -0.05) is 12.1 Å². The summed E-state index contributed by atoms with van der Waals surface area (Å²) in [6.45, 7) is 0. The molecule has 0 heterocycles. The normalized spacial score (nSPS) is 11.1. The lowest BCUT2D eigenvalue weighted by molar-refractivity contribution is -0.154. The van der Waals surface area contributed by atoms with E-state index in [-0.39, 0.29) is 5.56 Å². The van der Waals surface area contributed by atoms with Crippen LogP contribution in [0.25, 0.3) is 0 Å². The lowest BCUT2D eigenvalue weighted by Crippen LogP contribution is -2.40. The van der Waals surface area contributed by atoms with Crippen molar-refractivity contribution in [2.75, 3.05) is 6.26 Å². The molecule has 0 aromatic heterocycles. The van der Waals surface area contributed by atoms with Gasteiger partial charge in [-0.05, 0) is 24.0 Å². The van der Waals surface area contributed by atoms with Crippen LogP contribution < -0.4 is 0 Å². The Morgan fingerprint density at radius 2 is 1.45 bits per heavy atom. The molecule has 108 valence electrons. The van der Waals surface area contributed by atoms with Crippen LogP contribution in [-0.4, -0.2) is 39.5 Å². The second kappa shape index (κ2) is 6.42. The van der Waals surface area contributed by atoms with Gasteiger partial charge in [0.25, 0.3) is 0 Å². The summed E-state index contributed by atoms with van der Waals surface area (Å²) in [6, 6.07) is 6.21. The van der Waals surface area contributed by atoms with E-state index >= 15 is 0 Å². The molecule has 0 amide bonds. The number of carbonyl (C=O) groups is 3. The standard InChI is InChI=1S/C13H14O6S/c1-20-9-4-2-8(3-5-9)13(12(18)19,6-10(14)15)7-11(16)17/h2-5H,6-7H2,1H3,(H,14,15)(H,16,17)(H,18,19). The number of aliphatic carboxylic acids is 3. The van der Waals surface area contributed by atoms with E-state index in [1.165, 1.54) is 23.9 Å². The van der Waals surface area contributed by atoms with Crippen LogP contribution in [0.2, 0.25) is 0 Å². The Morgan fingerprint density at radius 1 is 1.00 bits per heavy atom. The van der Waals surface area contributed by atoms with E-state index in [0.29, 0.717) is 0 Å². The molecular formula is C13H14O6S. The van der Waals surface area contributed by atoms with E-state index in [1.807, 2.05) is 6.26 Å². The van der Waals surface area contributed by atoms with Crippen LogP contribution in [-0.2, 0) is 19.8 Å². The topological polar surface area (TPSA) is 112 Å². The molecule has 0 fully saturated rings. The van der Waals surface area contributed by atoms with Gasteiger partial charge < -0.3 is 15.3 Å². The van der Waals surface area contributed by atoms with Crippen molar-refractivity contribution in [2.45, 2.75) is 23.2 Å². The molecule has 0 aliphatic heterocycles. The van der Waals surface area contributed by atoms with Gasteiger partial charge in [0.15, 0.2) is 0 Å². The summed E-state index contributed by atoms with van der Waals surface area (Å²) in [7, 11) is 0. The number of carboxylic acid groups (broad SMARTS) is 3. The van der Waals surface area contributed by atoms with Crippen LogP contribution in [0, 0.1) is 0 Å². The van der Waals surface area contributed by atoms with Crippen molar-refractivity contribution in [1.82, 2.24) is 0 Å². The second-order valence-corrected chi connectivity index (χ2v) is 5.14. The first kappa shape index (κ1) is 16.0. The number of benzene rings is 1. The van der Waals surface area contributed by atoms with Gasteiger partial charge in [0.05, 0.1) is 12.8 Å². The van der Waals surface area contributed by atoms with E-state index in [9.17, 15) is 19.5 Å². The summed E-state index contributed by atoms with van der Waals surface area (Å²) >= 11 is 1.44. The lowest BCUT2D eigenvalue weighted by atomic mass is 9.75. The Morgan fingerprint density at radius 3 is 1.75 bits per heavy atom. The fraction of sp³-hybridized carbons (Fsp3) is 0.308. The monoisotopic (exact) mass is 298 g/mol. The average Bonchev–Trinajstić information content (AvgIpc) is 2.36. The van der Waals surface area contributed by atoms with Crippen molar-refractivity contribution in [3.8, 4) is 0 Å². The minimum atomic E-state index is -1.96. The first-order chi connectivity index (χ1) is 9.31. The van der Waals surface area contributed by atoms with Crippen molar-refractivity contribution in [2.24, 2.45) is 0 Å². The highest BCUT2D eigenvalue weighted by Crippen LogP contribution is 2.33. The molecule has 7 heteroatoms. The van der Waals surface area contributed by atoms with E-state index in [4.69, 9.17) is 10.2 Å². The fourth-order valence-corrected chi connectivity index (χ4v) is 2.38. The molecule has 1 rings (SSSR count). The maximum atomic E-state index is 11.5. The molecule has 1 aromatic carbocycles. The molecule has 1 aromatic rings. The highest BCUT2D eigenvalue weighted by Gasteiger charge is 2.44. The Balaban J connectivity index is 3.34. The zero-order valence-electron chi connectivity index (χ0n) is 10.7. The molecule has 0 saturated carbocycles. The summed E-state index contributed by atoms with van der Waals surface area (Å²) in [5.74, 6) is -4.18. The first-order valence-corrected chi connectivity index (χ1v) is 6.86. The Hall–Kier alpha value is -2.02. The highest BCUT2D eigenvalue weighted by molar-refractivity contribution is 7.98. The quantitative estimate of drug-likeness (QED) is 0.656. The minimum absolute atomic E-state index is 0.174. The van der Waals surface area contributed by atoms with Crippen LogP contribution in [0.4, 0.5) is 0 Å². The van der Waals surface area contributed by atoms with E-state index in [1.54, 1.807) is 12.1 Å². The SMILES string of the molecule is CSc1ccc(C(CC(=O)O)(CC(=O)O)C(=O)O)cc1. The predicted octanol–water partition coefficient (Wildman–Crippen LogP) is 1.68. The highest BCUT2D eigenvalue weighted by atomic mass is 32.2. The number of hydrogen-bond acceptors (Lipinski definition) is 4. The Labute approximate surface area is 119 Å². The van der Waals surface area contributed by atoms with Gasteiger partial charge in [0.1, 0.15) is 5.41 Å². The largest absolute Gasteiger partial charge is 0.481 e. The molecule has 0 atom stereocenters. The first-order valence-electron chi connectivity index (χ1n) is 5.63. The Kier molecular flexibility index (Phi) is 5.15. The van der Waals surface area contributed by atoms with Gasteiger partial charge >= 0.3 is 17.9 Å². The molecule has 0 bridgehead atoms. The summed E-state index contributed by atoms with van der Waals surface area (Å²) in [6.07, 6.45) is 0.272. The summed E-state index contributed by atoms with van der Waals surface area (Å²) < 4.78 is 0. The van der Waals surface area contributed by atoms with Crippen molar-refractivity contribution in [1.29, 1.82) is 0 Å². The van der Waals surface area contributed by atoms with Crippen molar-refractivity contribution < 1.29 is 29.7 Å². The molecule has 0 saturated heterocycles. The minimum Gasteiger partial charge on any atom is -0.481 e. The van der Waals surface area contributed by atoms with Gasteiger partial charge in [0.2, 0.25) is 0 Å². The van der Waals surface area contributed by atoms with Crippen molar-refractivity contribution >= 4 is 29.7 Å². The average molecular weight is 298 g/mol. The molecule has 0 unspecified atom stereocenters. The number of hydrogen-bond donors (Lipinski definition) is 3. The maximum absolute atomic E-state index is 11.5. The number of thioether (sulfide) groups is 1. The molecule has 0 aliphatic rings. The smallest absolute Gasteiger partial charge is 0.315 e. The van der Waals surface area contributed by atoms with Crippen LogP contribution in [0.1, 0.15) is 18.4 Å². The van der Waals surface area contributed by atoms with Crippen LogP contribution >= 0.6 is 11.8 Å². The Bertz CT molecular complexity index is 506. The van der Waals surface area contributed by atoms with E-state index < -0.39 is 36.2 Å². The third-order valence-corrected chi connectivity index (χ3v) is 3.70. The summed E-state index contributed by atoms with van der Waals surface area (Å²) in [5.41, 5.74) is -1.79. The van der Waals surface area contributed by atoms with E-state index in [2.05, 4.69) is 0 Å². The molecule has 0 spiro atoms. The van der Waals surface area contributed by atoms with Crippen LogP contribution in [0.5, 0.6) is 0 Å². The van der Waals surface area contributed by atoms with Gasteiger partial charge in [-0.3, -0.25) is 14.4 Å². The molecule has 0 radical (unpaired) electrons. The zero-order valence-corrected chi connectivity index (χ0v) is 11.5. The zero-order chi connectivity index (χ0) is 15.3. The second-order valence-electron chi connectivity index (χ2n) is 4.26. The molecule has 0 aliphatic carbocycles. The van der Waals surface area contributed by atoms with Crippen LogP contribution in [0.15, 0.2) is 29.2 Å². The predicted molar refractivity (Wildman–Crippen MR) is 72.0 cm³/mol. The van der Waals surface area contributed by atoms with Crippen LogP contribution in [0.3, 0.4) is 0 Å². The van der Waals surface area contributed by atoms with Crippen molar-refractivity contribution in [3.05, 3.63) is 29.8 Å². The molecule has 3 N–H and O–H groups in total. The summed E-state index contributed by atoms with van der Waals surface area (Å²) in [5, 5.41) is 27.2. The fourth-order valence-electron chi connectivity index (χ4n) is 1.97. The molecule has 20 heavy (non-hydrogen) atoms. The lowest BCUT2D eigenvalue weighted by Gasteiger charge is -2.26.